The summed E-state index contributed by atoms with van der Waals surface area (Å²) in [5, 5.41) is 1.06. The number of carbonyl (C=O) groups excluding carboxylic acids is 1. The first-order valence-electron chi connectivity index (χ1n) is 9.24. The van der Waals surface area contributed by atoms with Crippen LogP contribution in [0, 0.1) is 0 Å². The molecule has 0 atom stereocenters. The van der Waals surface area contributed by atoms with Crippen LogP contribution in [0.5, 0.6) is 5.75 Å². The molecule has 0 spiro atoms. The number of thiazole rings is 1. The molecule has 27 heavy (non-hydrogen) atoms. The molecule has 0 saturated carbocycles. The molecule has 0 aliphatic carbocycles. The standard InChI is InChI=1S/C21H23N3O2S/c1-26-17-9-6-16(7-10-17)8-11-20(25)23-12-14-24(15-13-23)21-22-18-4-2-3-5-19(18)27-21/h2-7,9-10H,8,11-15H2,1H3. The van der Waals surface area contributed by atoms with Crippen molar-refractivity contribution < 1.29 is 9.53 Å². The zero-order valence-electron chi connectivity index (χ0n) is 15.4. The SMILES string of the molecule is COc1ccc(CCC(=O)N2CCN(c3nc4ccccc4s3)CC2)cc1. The van der Waals surface area contributed by atoms with E-state index in [1.165, 1.54) is 4.70 Å². The Balaban J connectivity index is 1.29. The lowest BCUT2D eigenvalue weighted by Gasteiger charge is -2.34. The summed E-state index contributed by atoms with van der Waals surface area (Å²) in [7, 11) is 1.66. The van der Waals surface area contributed by atoms with Crippen LogP contribution in [0.15, 0.2) is 48.5 Å². The normalized spacial score (nSPS) is 14.6. The molecule has 0 bridgehead atoms. The number of aromatic nitrogens is 1. The molecule has 0 N–H and O–H groups in total. The number of anilines is 1. The first kappa shape index (κ1) is 17.8. The summed E-state index contributed by atoms with van der Waals surface area (Å²) in [6.45, 7) is 3.21. The number of benzene rings is 2. The number of methoxy groups -OCH3 is 1. The second kappa shape index (κ2) is 7.96. The molecular weight excluding hydrogens is 358 g/mol. The average molecular weight is 382 g/mol. The molecule has 1 amide bonds. The van der Waals surface area contributed by atoms with Crippen LogP contribution in [0.1, 0.15) is 12.0 Å². The van der Waals surface area contributed by atoms with Crippen molar-refractivity contribution in [3.8, 4) is 5.75 Å². The van der Waals surface area contributed by atoms with Gasteiger partial charge < -0.3 is 14.5 Å². The second-order valence-corrected chi connectivity index (χ2v) is 7.69. The number of nitrogens with zero attached hydrogens (tertiary/aromatic N) is 3. The Hall–Kier alpha value is -2.60. The third kappa shape index (κ3) is 4.06. The van der Waals surface area contributed by atoms with Gasteiger partial charge in [-0.05, 0) is 36.2 Å². The number of hydrogen-bond donors (Lipinski definition) is 0. The minimum Gasteiger partial charge on any atom is -0.497 e. The molecule has 2 heterocycles. The Morgan fingerprint density at radius 2 is 1.81 bits per heavy atom. The summed E-state index contributed by atoms with van der Waals surface area (Å²) in [5.74, 6) is 1.07. The Labute approximate surface area is 163 Å². The fraction of sp³-hybridized carbons (Fsp3) is 0.333. The van der Waals surface area contributed by atoms with Crippen molar-refractivity contribution in [2.75, 3.05) is 38.2 Å². The summed E-state index contributed by atoms with van der Waals surface area (Å²) < 4.78 is 6.39. The Morgan fingerprint density at radius 1 is 1.07 bits per heavy atom. The summed E-state index contributed by atoms with van der Waals surface area (Å²) in [4.78, 5) is 21.5. The molecule has 1 aliphatic heterocycles. The highest BCUT2D eigenvalue weighted by Crippen LogP contribution is 2.29. The Morgan fingerprint density at radius 3 is 2.52 bits per heavy atom. The maximum atomic E-state index is 12.5. The summed E-state index contributed by atoms with van der Waals surface area (Å²) in [5.41, 5.74) is 2.22. The highest BCUT2D eigenvalue weighted by atomic mass is 32.1. The molecule has 1 aromatic heterocycles. The van der Waals surface area contributed by atoms with Crippen LogP contribution in [-0.2, 0) is 11.2 Å². The van der Waals surface area contributed by atoms with Gasteiger partial charge in [0.25, 0.3) is 0 Å². The minimum absolute atomic E-state index is 0.231. The van der Waals surface area contributed by atoms with E-state index >= 15 is 0 Å². The second-order valence-electron chi connectivity index (χ2n) is 6.68. The third-order valence-corrected chi connectivity index (χ3v) is 6.07. The largest absolute Gasteiger partial charge is 0.497 e. The molecule has 140 valence electrons. The fourth-order valence-corrected chi connectivity index (χ4v) is 4.36. The Bertz CT molecular complexity index is 882. The van der Waals surface area contributed by atoms with E-state index in [0.717, 1.165) is 54.6 Å². The lowest BCUT2D eigenvalue weighted by molar-refractivity contribution is -0.131. The zero-order valence-corrected chi connectivity index (χ0v) is 16.2. The van der Waals surface area contributed by atoms with Gasteiger partial charge >= 0.3 is 0 Å². The predicted octanol–water partition coefficient (Wildman–Crippen LogP) is 3.59. The monoisotopic (exact) mass is 381 g/mol. The minimum atomic E-state index is 0.231. The number of carbonyl (C=O) groups is 1. The summed E-state index contributed by atoms with van der Waals surface area (Å²) in [6, 6.07) is 16.2. The molecule has 5 nitrogen and oxygen atoms in total. The zero-order chi connectivity index (χ0) is 18.6. The van der Waals surface area contributed by atoms with Gasteiger partial charge in [-0.2, -0.15) is 0 Å². The highest BCUT2D eigenvalue weighted by Gasteiger charge is 2.22. The van der Waals surface area contributed by atoms with Crippen LogP contribution in [0.2, 0.25) is 0 Å². The average Bonchev–Trinajstić information content (AvgIpc) is 3.17. The van der Waals surface area contributed by atoms with Crippen LogP contribution in [0.3, 0.4) is 0 Å². The summed E-state index contributed by atoms with van der Waals surface area (Å²) >= 11 is 1.73. The molecule has 4 rings (SSSR count). The molecule has 2 aromatic carbocycles. The number of hydrogen-bond acceptors (Lipinski definition) is 5. The van der Waals surface area contributed by atoms with Gasteiger partial charge in [0, 0.05) is 32.6 Å². The highest BCUT2D eigenvalue weighted by molar-refractivity contribution is 7.22. The maximum Gasteiger partial charge on any atom is 0.223 e. The van der Waals surface area contributed by atoms with Crippen LogP contribution in [0.25, 0.3) is 10.2 Å². The van der Waals surface area contributed by atoms with Gasteiger partial charge in [-0.3, -0.25) is 4.79 Å². The van der Waals surface area contributed by atoms with Gasteiger partial charge in [-0.25, -0.2) is 4.98 Å². The Kier molecular flexibility index (Phi) is 5.25. The lowest BCUT2D eigenvalue weighted by Crippen LogP contribution is -2.48. The van der Waals surface area contributed by atoms with Gasteiger partial charge in [0.05, 0.1) is 17.3 Å². The smallest absolute Gasteiger partial charge is 0.223 e. The van der Waals surface area contributed by atoms with E-state index in [1.54, 1.807) is 18.4 Å². The van der Waals surface area contributed by atoms with E-state index in [2.05, 4.69) is 11.0 Å². The molecular formula is C21H23N3O2S. The number of piperazine rings is 1. The van der Waals surface area contributed by atoms with Gasteiger partial charge in [0.15, 0.2) is 5.13 Å². The molecule has 1 fully saturated rings. The van der Waals surface area contributed by atoms with Gasteiger partial charge in [0.1, 0.15) is 5.75 Å². The first-order valence-corrected chi connectivity index (χ1v) is 10.1. The van der Waals surface area contributed by atoms with Gasteiger partial charge in [-0.15, -0.1) is 0 Å². The van der Waals surface area contributed by atoms with Crippen LogP contribution in [-0.4, -0.2) is 49.1 Å². The van der Waals surface area contributed by atoms with Crippen molar-refractivity contribution in [2.45, 2.75) is 12.8 Å². The van der Waals surface area contributed by atoms with Crippen molar-refractivity contribution >= 4 is 32.6 Å². The molecule has 1 saturated heterocycles. The van der Waals surface area contributed by atoms with E-state index in [1.807, 2.05) is 47.4 Å². The van der Waals surface area contributed by atoms with Crippen molar-refractivity contribution in [1.29, 1.82) is 0 Å². The quantitative estimate of drug-likeness (QED) is 0.678. The molecule has 1 aliphatic rings. The van der Waals surface area contributed by atoms with Crippen molar-refractivity contribution in [2.24, 2.45) is 0 Å². The number of fused-ring (bicyclic) bond motifs is 1. The number of rotatable bonds is 5. The van der Waals surface area contributed by atoms with Gasteiger partial charge in [0.2, 0.25) is 5.91 Å². The van der Waals surface area contributed by atoms with E-state index in [0.29, 0.717) is 6.42 Å². The van der Waals surface area contributed by atoms with E-state index in [4.69, 9.17) is 9.72 Å². The number of para-hydroxylation sites is 1. The van der Waals surface area contributed by atoms with Gasteiger partial charge in [-0.1, -0.05) is 35.6 Å². The van der Waals surface area contributed by atoms with E-state index in [-0.39, 0.29) is 5.91 Å². The number of amides is 1. The van der Waals surface area contributed by atoms with Crippen LogP contribution < -0.4 is 9.64 Å². The number of ether oxygens (including phenoxy) is 1. The predicted molar refractivity (Wildman–Crippen MR) is 110 cm³/mol. The van der Waals surface area contributed by atoms with E-state index in [9.17, 15) is 4.79 Å². The maximum absolute atomic E-state index is 12.5. The molecule has 3 aromatic rings. The van der Waals surface area contributed by atoms with Crippen LogP contribution in [0.4, 0.5) is 5.13 Å². The topological polar surface area (TPSA) is 45.7 Å². The van der Waals surface area contributed by atoms with Crippen molar-refractivity contribution in [1.82, 2.24) is 9.88 Å². The molecule has 6 heteroatoms. The number of aryl methyl sites for hydroxylation is 1. The van der Waals surface area contributed by atoms with E-state index < -0.39 is 0 Å². The fourth-order valence-electron chi connectivity index (χ4n) is 3.34. The third-order valence-electron chi connectivity index (χ3n) is 4.97. The van der Waals surface area contributed by atoms with Crippen molar-refractivity contribution in [3.05, 3.63) is 54.1 Å². The van der Waals surface area contributed by atoms with Crippen LogP contribution >= 0.6 is 11.3 Å². The van der Waals surface area contributed by atoms with Crippen molar-refractivity contribution in [3.63, 3.8) is 0 Å². The molecule has 0 radical (unpaired) electrons. The first-order chi connectivity index (χ1) is 13.2. The summed E-state index contributed by atoms with van der Waals surface area (Å²) in [6.07, 6.45) is 1.31. The molecule has 0 unspecified atom stereocenters. The lowest BCUT2D eigenvalue weighted by atomic mass is 10.1.